The number of allylic oxidation sites excluding steroid dienone is 2. The van der Waals surface area contributed by atoms with Crippen LogP contribution in [0.2, 0.25) is 0 Å². The van der Waals surface area contributed by atoms with Crippen LogP contribution >= 0.6 is 11.6 Å². The van der Waals surface area contributed by atoms with Crippen LogP contribution in [0.5, 0.6) is 0 Å². The van der Waals surface area contributed by atoms with Crippen molar-refractivity contribution in [1.82, 2.24) is 5.32 Å². The lowest BCUT2D eigenvalue weighted by Crippen LogP contribution is -2.37. The fourth-order valence-corrected chi connectivity index (χ4v) is 2.86. The number of halogens is 1. The molecule has 1 unspecified atom stereocenters. The maximum Gasteiger partial charge on any atom is 0.306 e. The van der Waals surface area contributed by atoms with E-state index in [9.17, 15) is 4.79 Å². The van der Waals surface area contributed by atoms with Crippen LogP contribution in [-0.4, -0.2) is 17.1 Å². The Labute approximate surface area is 100 Å². The third kappa shape index (κ3) is 2.40. The molecule has 2 rings (SSSR count). The maximum absolute atomic E-state index is 10.8. The molecule has 3 nitrogen and oxygen atoms in total. The van der Waals surface area contributed by atoms with Crippen molar-refractivity contribution >= 4 is 17.6 Å². The molecule has 0 spiro atoms. The van der Waals surface area contributed by atoms with Crippen LogP contribution in [-0.2, 0) is 4.79 Å². The van der Waals surface area contributed by atoms with Crippen LogP contribution in [0.15, 0.2) is 23.4 Å². The molecular formula is C12H16ClNO2. The van der Waals surface area contributed by atoms with E-state index in [2.05, 4.69) is 5.32 Å². The zero-order valence-corrected chi connectivity index (χ0v) is 9.78. The highest BCUT2D eigenvalue weighted by Gasteiger charge is 2.31. The zero-order chi connectivity index (χ0) is 11.5. The smallest absolute Gasteiger partial charge is 0.306 e. The minimum absolute atomic E-state index is 0.155. The minimum Gasteiger partial charge on any atom is -0.481 e. The molecular weight excluding hydrogens is 226 g/mol. The Kier molecular flexibility index (Phi) is 3.54. The first-order valence-corrected chi connectivity index (χ1v) is 6.07. The number of aliphatic carboxylic acids is 1. The van der Waals surface area contributed by atoms with Gasteiger partial charge in [0.15, 0.2) is 0 Å². The predicted octanol–water partition coefficient (Wildman–Crippen LogP) is 2.49. The highest BCUT2D eigenvalue weighted by molar-refractivity contribution is 6.30. The SMILES string of the molecule is O=C(O)C1CCC(C2NC=CC=C2Cl)CC1. The number of hydrogen-bond acceptors (Lipinski definition) is 2. The Balaban J connectivity index is 1.92. The number of rotatable bonds is 2. The molecule has 0 radical (unpaired) electrons. The lowest BCUT2D eigenvalue weighted by Gasteiger charge is -2.33. The van der Waals surface area contributed by atoms with Crippen molar-refractivity contribution in [2.75, 3.05) is 0 Å². The predicted molar refractivity (Wildman–Crippen MR) is 63.1 cm³/mol. The molecule has 1 fully saturated rings. The summed E-state index contributed by atoms with van der Waals surface area (Å²) in [4.78, 5) is 10.8. The average Bonchev–Trinajstić information content (AvgIpc) is 2.30. The molecule has 0 aromatic heterocycles. The van der Waals surface area contributed by atoms with Crippen molar-refractivity contribution in [2.24, 2.45) is 11.8 Å². The van der Waals surface area contributed by atoms with E-state index in [1.165, 1.54) is 0 Å². The number of nitrogens with one attached hydrogen (secondary N) is 1. The molecule has 1 saturated carbocycles. The highest BCUT2D eigenvalue weighted by atomic mass is 35.5. The lowest BCUT2D eigenvalue weighted by atomic mass is 9.78. The van der Waals surface area contributed by atoms with Gasteiger partial charge in [-0.05, 0) is 50.0 Å². The molecule has 0 aromatic rings. The molecule has 1 heterocycles. The average molecular weight is 242 g/mol. The molecule has 0 saturated heterocycles. The number of dihydropyridines is 1. The van der Waals surface area contributed by atoms with Gasteiger partial charge in [0.1, 0.15) is 0 Å². The number of hydrogen-bond donors (Lipinski definition) is 2. The molecule has 1 aliphatic heterocycles. The molecule has 4 heteroatoms. The summed E-state index contributed by atoms with van der Waals surface area (Å²) in [6, 6.07) is 0.182. The molecule has 2 aliphatic rings. The summed E-state index contributed by atoms with van der Waals surface area (Å²) in [5.74, 6) is -0.348. The fraction of sp³-hybridized carbons (Fsp3) is 0.583. The van der Waals surface area contributed by atoms with Gasteiger partial charge in [-0.25, -0.2) is 0 Å². The summed E-state index contributed by atoms with van der Waals surface area (Å²) in [5.41, 5.74) is 0. The van der Waals surface area contributed by atoms with E-state index in [4.69, 9.17) is 16.7 Å². The summed E-state index contributed by atoms with van der Waals surface area (Å²) >= 11 is 6.15. The summed E-state index contributed by atoms with van der Waals surface area (Å²) in [5, 5.41) is 13.0. The van der Waals surface area contributed by atoms with Crippen LogP contribution in [0.25, 0.3) is 0 Å². The van der Waals surface area contributed by atoms with E-state index in [-0.39, 0.29) is 12.0 Å². The molecule has 0 amide bonds. The molecule has 16 heavy (non-hydrogen) atoms. The Hall–Kier alpha value is -0.960. The minimum atomic E-state index is -0.656. The second-order valence-electron chi connectivity index (χ2n) is 4.50. The molecule has 88 valence electrons. The summed E-state index contributed by atoms with van der Waals surface area (Å²) in [6.45, 7) is 0. The number of carboxylic acid groups (broad SMARTS) is 1. The first-order valence-electron chi connectivity index (χ1n) is 5.69. The highest BCUT2D eigenvalue weighted by Crippen LogP contribution is 2.34. The van der Waals surface area contributed by atoms with Gasteiger partial charge in [-0.15, -0.1) is 0 Å². The monoisotopic (exact) mass is 241 g/mol. The second-order valence-corrected chi connectivity index (χ2v) is 4.94. The van der Waals surface area contributed by atoms with E-state index in [0.717, 1.165) is 30.7 Å². The summed E-state index contributed by atoms with van der Waals surface area (Å²) in [7, 11) is 0. The van der Waals surface area contributed by atoms with Crippen molar-refractivity contribution in [3.8, 4) is 0 Å². The number of carboxylic acids is 1. The van der Waals surface area contributed by atoms with Crippen LogP contribution in [0.1, 0.15) is 25.7 Å². The maximum atomic E-state index is 10.8. The first-order chi connectivity index (χ1) is 7.68. The van der Waals surface area contributed by atoms with Gasteiger partial charge in [0.25, 0.3) is 0 Å². The standard InChI is InChI=1S/C12H16ClNO2/c13-10-2-1-7-14-11(10)8-3-5-9(6-4-8)12(15)16/h1-2,7-9,11,14H,3-6H2,(H,15,16). The summed E-state index contributed by atoms with van der Waals surface area (Å²) < 4.78 is 0. The van der Waals surface area contributed by atoms with Gasteiger partial charge in [0, 0.05) is 5.03 Å². The van der Waals surface area contributed by atoms with E-state index < -0.39 is 5.97 Å². The van der Waals surface area contributed by atoms with E-state index >= 15 is 0 Å². The van der Waals surface area contributed by atoms with Crippen molar-refractivity contribution in [1.29, 1.82) is 0 Å². The van der Waals surface area contributed by atoms with Crippen LogP contribution < -0.4 is 5.32 Å². The summed E-state index contributed by atoms with van der Waals surface area (Å²) in [6.07, 6.45) is 9.12. The van der Waals surface area contributed by atoms with Gasteiger partial charge in [0.05, 0.1) is 12.0 Å². The Bertz CT molecular complexity index is 330. The van der Waals surface area contributed by atoms with Crippen LogP contribution in [0.3, 0.4) is 0 Å². The van der Waals surface area contributed by atoms with E-state index in [1.807, 2.05) is 18.4 Å². The topological polar surface area (TPSA) is 49.3 Å². The van der Waals surface area contributed by atoms with Crippen molar-refractivity contribution < 1.29 is 9.90 Å². The quantitative estimate of drug-likeness (QED) is 0.781. The Morgan fingerprint density at radius 3 is 2.62 bits per heavy atom. The van der Waals surface area contributed by atoms with Gasteiger partial charge in [-0.2, -0.15) is 0 Å². The largest absolute Gasteiger partial charge is 0.481 e. The third-order valence-corrected chi connectivity index (χ3v) is 3.88. The van der Waals surface area contributed by atoms with Gasteiger partial charge in [-0.1, -0.05) is 11.6 Å². The van der Waals surface area contributed by atoms with E-state index in [0.29, 0.717) is 5.92 Å². The molecule has 0 aromatic carbocycles. The van der Waals surface area contributed by atoms with Crippen LogP contribution in [0, 0.1) is 11.8 Å². The molecule has 1 atom stereocenters. The van der Waals surface area contributed by atoms with Crippen molar-refractivity contribution in [3.63, 3.8) is 0 Å². The zero-order valence-electron chi connectivity index (χ0n) is 9.03. The second kappa shape index (κ2) is 4.91. The first kappa shape index (κ1) is 11.5. The third-order valence-electron chi connectivity index (χ3n) is 3.52. The normalized spacial score (nSPS) is 34.1. The van der Waals surface area contributed by atoms with Crippen LogP contribution in [0.4, 0.5) is 0 Å². The molecule has 2 N–H and O–H groups in total. The van der Waals surface area contributed by atoms with Crippen molar-refractivity contribution in [2.45, 2.75) is 31.7 Å². The lowest BCUT2D eigenvalue weighted by molar-refractivity contribution is -0.143. The van der Waals surface area contributed by atoms with Gasteiger partial charge < -0.3 is 10.4 Å². The van der Waals surface area contributed by atoms with Gasteiger partial charge in [-0.3, -0.25) is 4.79 Å². The van der Waals surface area contributed by atoms with Crippen molar-refractivity contribution in [3.05, 3.63) is 23.4 Å². The Morgan fingerprint density at radius 1 is 1.38 bits per heavy atom. The Morgan fingerprint density at radius 2 is 2.06 bits per heavy atom. The van der Waals surface area contributed by atoms with Gasteiger partial charge in [0.2, 0.25) is 0 Å². The molecule has 1 aliphatic carbocycles. The fourth-order valence-electron chi connectivity index (χ4n) is 2.54. The number of carbonyl (C=O) groups is 1. The molecule has 0 bridgehead atoms. The van der Waals surface area contributed by atoms with E-state index in [1.54, 1.807) is 0 Å². The van der Waals surface area contributed by atoms with Gasteiger partial charge >= 0.3 is 5.97 Å².